The molecule has 0 spiro atoms. The Morgan fingerprint density at radius 2 is 1.92 bits per heavy atom. The molecule has 1 aromatic heterocycles. The average Bonchev–Trinajstić information content (AvgIpc) is 3.04. The van der Waals surface area contributed by atoms with Crippen molar-refractivity contribution in [2.75, 3.05) is 11.9 Å². The second kappa shape index (κ2) is 7.07. The highest BCUT2D eigenvalue weighted by molar-refractivity contribution is 6.51. The number of oxazole rings is 1. The number of fused-ring (bicyclic) bond motifs is 1. The second-order valence-electron chi connectivity index (χ2n) is 6.21. The van der Waals surface area contributed by atoms with Gasteiger partial charge in [0.2, 0.25) is 11.7 Å². The van der Waals surface area contributed by atoms with Gasteiger partial charge in [0.1, 0.15) is 5.82 Å². The summed E-state index contributed by atoms with van der Waals surface area (Å²) in [4.78, 5) is 30.5. The highest BCUT2D eigenvalue weighted by Crippen LogP contribution is 2.33. The molecular formula is C20H19FN2O3. The first-order valence-electron chi connectivity index (χ1n) is 8.28. The van der Waals surface area contributed by atoms with Crippen molar-refractivity contribution in [1.29, 1.82) is 0 Å². The molecule has 0 unspecified atom stereocenters. The van der Waals surface area contributed by atoms with Crippen molar-refractivity contribution in [2.45, 2.75) is 26.3 Å². The van der Waals surface area contributed by atoms with Crippen molar-refractivity contribution in [1.82, 2.24) is 4.98 Å². The maximum absolute atomic E-state index is 13.1. The lowest BCUT2D eigenvalue weighted by Crippen LogP contribution is -2.22. The topological polar surface area (TPSA) is 63.4 Å². The van der Waals surface area contributed by atoms with E-state index < -0.39 is 11.6 Å². The minimum absolute atomic E-state index is 0.0715. The fourth-order valence-corrected chi connectivity index (χ4v) is 2.91. The molecule has 2 aromatic rings. The first-order valence-corrected chi connectivity index (χ1v) is 8.28. The van der Waals surface area contributed by atoms with Gasteiger partial charge in [-0.3, -0.25) is 9.59 Å². The van der Waals surface area contributed by atoms with E-state index in [0.717, 1.165) is 5.69 Å². The highest BCUT2D eigenvalue weighted by Gasteiger charge is 2.35. The Bertz CT molecular complexity index is 910. The predicted octanol–water partition coefficient (Wildman–Crippen LogP) is 3.96. The first kappa shape index (κ1) is 17.8. The smallest absolute Gasteiger partial charge is 0.255 e. The van der Waals surface area contributed by atoms with E-state index in [9.17, 15) is 14.0 Å². The lowest BCUT2D eigenvalue weighted by atomic mass is 9.89. The number of halogens is 1. The molecule has 0 N–H and O–H groups in total. The number of carbonyl (C=O) groups excluding carboxylic acids is 2. The molecule has 0 atom stereocenters. The Balaban J connectivity index is 1.91. The minimum atomic E-state index is -0.640. The second-order valence-corrected chi connectivity index (χ2v) is 6.21. The quantitative estimate of drug-likeness (QED) is 0.580. The summed E-state index contributed by atoms with van der Waals surface area (Å²) in [5.74, 6) is -0.793. The number of benzene rings is 1. The molecule has 0 saturated heterocycles. The Morgan fingerprint density at radius 1 is 1.23 bits per heavy atom. The minimum Gasteiger partial charge on any atom is -0.438 e. The number of nitrogens with zero attached hydrogens (tertiary/aromatic N) is 2. The molecule has 26 heavy (non-hydrogen) atoms. The predicted molar refractivity (Wildman–Crippen MR) is 96.4 cm³/mol. The molecule has 0 radical (unpaired) electrons. The number of carbonyl (C=O) groups is 2. The number of allylic oxidation sites excluding steroid dienone is 3. The van der Waals surface area contributed by atoms with Crippen molar-refractivity contribution in [3.63, 3.8) is 0 Å². The number of rotatable bonds is 6. The molecule has 5 nitrogen and oxygen atoms in total. The fraction of sp³-hybridized carbons (Fsp3) is 0.250. The van der Waals surface area contributed by atoms with E-state index in [-0.39, 0.29) is 18.1 Å². The largest absolute Gasteiger partial charge is 0.438 e. The molecule has 1 aromatic carbocycles. The Labute approximate surface area is 150 Å². The van der Waals surface area contributed by atoms with Gasteiger partial charge in [-0.15, -0.1) is 6.58 Å². The number of hydrogen-bond donors (Lipinski definition) is 0. The van der Waals surface area contributed by atoms with E-state index in [2.05, 4.69) is 11.6 Å². The van der Waals surface area contributed by atoms with Gasteiger partial charge in [0.25, 0.3) is 5.78 Å². The number of Topliss-reactive ketones (excluding diaryl/α,β-unsaturated/α-hetero) is 2. The van der Waals surface area contributed by atoms with Crippen LogP contribution in [0.1, 0.15) is 41.9 Å². The zero-order valence-corrected chi connectivity index (χ0v) is 14.7. The number of aromatic nitrogens is 1. The van der Waals surface area contributed by atoms with Gasteiger partial charge in [-0.2, -0.15) is 0 Å². The third-order valence-electron chi connectivity index (χ3n) is 4.40. The van der Waals surface area contributed by atoms with Crippen molar-refractivity contribution >= 4 is 22.8 Å². The lowest BCUT2D eigenvalue weighted by molar-refractivity contribution is -0.111. The van der Waals surface area contributed by atoms with Gasteiger partial charge in [0, 0.05) is 23.9 Å². The van der Waals surface area contributed by atoms with Crippen LogP contribution in [0.15, 0.2) is 46.9 Å². The van der Waals surface area contributed by atoms with E-state index in [1.165, 1.54) is 12.1 Å². The van der Waals surface area contributed by atoms with E-state index in [4.69, 9.17) is 4.42 Å². The van der Waals surface area contributed by atoms with Gasteiger partial charge >= 0.3 is 0 Å². The van der Waals surface area contributed by atoms with Crippen LogP contribution in [0.25, 0.3) is 5.57 Å². The molecule has 3 rings (SSSR count). The summed E-state index contributed by atoms with van der Waals surface area (Å²) >= 11 is 0. The normalized spacial score (nSPS) is 13.8. The van der Waals surface area contributed by atoms with Gasteiger partial charge in [-0.05, 0) is 44.0 Å². The summed E-state index contributed by atoms with van der Waals surface area (Å²) in [6, 6.07) is 6.03. The van der Waals surface area contributed by atoms with Crippen LogP contribution in [0.5, 0.6) is 0 Å². The molecule has 134 valence electrons. The van der Waals surface area contributed by atoms with Crippen LogP contribution in [0, 0.1) is 5.82 Å². The van der Waals surface area contributed by atoms with Crippen LogP contribution in [-0.4, -0.2) is 23.6 Å². The summed E-state index contributed by atoms with van der Waals surface area (Å²) in [5.41, 5.74) is 1.96. The van der Waals surface area contributed by atoms with E-state index >= 15 is 0 Å². The lowest BCUT2D eigenvalue weighted by Gasteiger charge is -2.17. The van der Waals surface area contributed by atoms with Crippen LogP contribution in [0.2, 0.25) is 0 Å². The summed E-state index contributed by atoms with van der Waals surface area (Å²) < 4.78 is 18.9. The molecule has 0 aliphatic heterocycles. The number of anilines is 1. The van der Waals surface area contributed by atoms with Crippen molar-refractivity contribution < 1.29 is 18.4 Å². The van der Waals surface area contributed by atoms with Gasteiger partial charge < -0.3 is 9.32 Å². The first-order chi connectivity index (χ1) is 12.4. The summed E-state index contributed by atoms with van der Waals surface area (Å²) in [5, 5.41) is 0. The number of ketones is 2. The molecule has 6 heteroatoms. The summed E-state index contributed by atoms with van der Waals surface area (Å²) in [6.45, 7) is 5.61. The third-order valence-corrected chi connectivity index (χ3v) is 4.40. The Morgan fingerprint density at radius 3 is 2.58 bits per heavy atom. The molecule has 0 bridgehead atoms. The average molecular weight is 354 g/mol. The SMILES string of the molecule is C=CCCC1=C(C)C(=O)C(=O)c2nc(CN(C)c3ccc(F)cc3)oc21. The van der Waals surface area contributed by atoms with Gasteiger partial charge in [-0.1, -0.05) is 6.08 Å². The van der Waals surface area contributed by atoms with Crippen LogP contribution in [-0.2, 0) is 11.3 Å². The van der Waals surface area contributed by atoms with E-state index in [1.807, 2.05) is 11.9 Å². The summed E-state index contributed by atoms with van der Waals surface area (Å²) in [7, 11) is 1.81. The van der Waals surface area contributed by atoms with Gasteiger partial charge in [0.05, 0.1) is 6.54 Å². The standard InChI is InChI=1S/C20H19FN2O3/c1-4-5-6-15-12(2)18(24)19(25)17-20(15)26-16(22-17)11-23(3)14-9-7-13(21)8-10-14/h4,7-10H,1,5-6,11H2,2-3H3. The molecule has 1 heterocycles. The molecular weight excluding hydrogens is 335 g/mol. The van der Waals surface area contributed by atoms with E-state index in [0.29, 0.717) is 35.6 Å². The third kappa shape index (κ3) is 3.22. The van der Waals surface area contributed by atoms with Crippen LogP contribution >= 0.6 is 0 Å². The van der Waals surface area contributed by atoms with Gasteiger partial charge in [0.15, 0.2) is 11.5 Å². The van der Waals surface area contributed by atoms with Crippen LogP contribution in [0.4, 0.5) is 10.1 Å². The molecule has 1 aliphatic rings. The van der Waals surface area contributed by atoms with Gasteiger partial charge in [-0.25, -0.2) is 9.37 Å². The zero-order valence-electron chi connectivity index (χ0n) is 14.7. The molecule has 1 aliphatic carbocycles. The maximum Gasteiger partial charge on any atom is 0.255 e. The Kier molecular flexibility index (Phi) is 4.84. The van der Waals surface area contributed by atoms with Crippen LogP contribution in [0.3, 0.4) is 0 Å². The van der Waals surface area contributed by atoms with Crippen molar-refractivity contribution in [3.8, 4) is 0 Å². The monoisotopic (exact) mass is 354 g/mol. The molecule has 0 amide bonds. The highest BCUT2D eigenvalue weighted by atomic mass is 19.1. The zero-order chi connectivity index (χ0) is 18.8. The molecule has 0 fully saturated rings. The van der Waals surface area contributed by atoms with Crippen molar-refractivity contribution in [3.05, 3.63) is 65.7 Å². The fourth-order valence-electron chi connectivity index (χ4n) is 2.91. The molecule has 0 saturated carbocycles. The number of hydrogen-bond acceptors (Lipinski definition) is 5. The maximum atomic E-state index is 13.1. The van der Waals surface area contributed by atoms with E-state index in [1.54, 1.807) is 25.1 Å². The van der Waals surface area contributed by atoms with Crippen LogP contribution < -0.4 is 4.90 Å². The summed E-state index contributed by atoms with van der Waals surface area (Å²) in [6.07, 6.45) is 2.98. The van der Waals surface area contributed by atoms with Crippen molar-refractivity contribution in [2.24, 2.45) is 0 Å². The Hall–Kier alpha value is -3.02.